The van der Waals surface area contributed by atoms with Crippen LogP contribution in [0, 0.1) is 0 Å². The summed E-state index contributed by atoms with van der Waals surface area (Å²) in [5.41, 5.74) is -2.10. The highest BCUT2D eigenvalue weighted by atomic mass is 19.4. The molecule has 0 saturated carbocycles. The molecule has 1 aliphatic heterocycles. The smallest absolute Gasteiger partial charge is 0.373 e. The minimum absolute atomic E-state index is 0.0954. The van der Waals surface area contributed by atoms with E-state index in [2.05, 4.69) is 5.32 Å². The van der Waals surface area contributed by atoms with E-state index in [4.69, 9.17) is 4.74 Å². The molecule has 2 amide bonds. The summed E-state index contributed by atoms with van der Waals surface area (Å²) in [4.78, 5) is 13.7. The van der Waals surface area contributed by atoms with E-state index in [1.807, 2.05) is 30.3 Å². The number of benzene rings is 2. The number of amides is 2. The van der Waals surface area contributed by atoms with Crippen molar-refractivity contribution in [1.82, 2.24) is 10.2 Å². The van der Waals surface area contributed by atoms with Crippen molar-refractivity contribution in [3.05, 3.63) is 70.8 Å². The van der Waals surface area contributed by atoms with Gasteiger partial charge >= 0.3 is 18.4 Å². The second-order valence-electron chi connectivity index (χ2n) is 7.57. The van der Waals surface area contributed by atoms with Crippen LogP contribution in [0.5, 0.6) is 0 Å². The summed E-state index contributed by atoms with van der Waals surface area (Å²) >= 11 is 0. The number of alkyl halides is 6. The summed E-state index contributed by atoms with van der Waals surface area (Å²) in [7, 11) is 1.51. The second-order valence-corrected chi connectivity index (χ2v) is 7.57. The summed E-state index contributed by atoms with van der Waals surface area (Å²) in [6, 6.07) is 10.3. The van der Waals surface area contributed by atoms with Crippen molar-refractivity contribution in [3.8, 4) is 0 Å². The fraction of sp³-hybridized carbons (Fsp3) is 0.409. The van der Waals surface area contributed by atoms with Gasteiger partial charge in [-0.1, -0.05) is 30.3 Å². The van der Waals surface area contributed by atoms with Crippen LogP contribution in [0.3, 0.4) is 0 Å². The lowest BCUT2D eigenvalue weighted by molar-refractivity contribution is -0.143. The van der Waals surface area contributed by atoms with Gasteiger partial charge in [-0.05, 0) is 35.7 Å². The number of hydrogen-bond acceptors (Lipinski definition) is 2. The van der Waals surface area contributed by atoms with E-state index < -0.39 is 36.2 Å². The monoisotopic (exact) mass is 460 g/mol. The third kappa shape index (κ3) is 5.73. The van der Waals surface area contributed by atoms with Crippen LogP contribution in [-0.2, 0) is 23.7 Å². The molecule has 10 heteroatoms. The van der Waals surface area contributed by atoms with Gasteiger partial charge in [-0.2, -0.15) is 26.3 Å². The fourth-order valence-corrected chi connectivity index (χ4v) is 3.80. The molecule has 3 rings (SSSR count). The van der Waals surface area contributed by atoms with Gasteiger partial charge in [0.2, 0.25) is 0 Å². The standard InChI is InChI=1S/C22H22F6N2O2/c1-29-20(31)30-8-7-19(18(12-30)15-5-3-2-4-6-15)32-13-14-9-16(21(23,24)25)11-17(10-14)22(26,27)28/h2-6,9-11,18-19H,7-8,12-13H2,1H3,(H,29,31)/t18-,19?/m0/s1. The van der Waals surface area contributed by atoms with Gasteiger partial charge < -0.3 is 15.0 Å². The van der Waals surface area contributed by atoms with Crippen LogP contribution in [0.2, 0.25) is 0 Å². The Labute approximate surface area is 181 Å². The molecule has 1 unspecified atom stereocenters. The molecule has 174 valence electrons. The van der Waals surface area contributed by atoms with Crippen LogP contribution in [0.15, 0.2) is 48.5 Å². The maximum absolute atomic E-state index is 13.1. The molecule has 0 aromatic heterocycles. The number of ether oxygens (including phenoxy) is 1. The lowest BCUT2D eigenvalue weighted by atomic mass is 9.88. The number of rotatable bonds is 4. The average molecular weight is 460 g/mol. The van der Waals surface area contributed by atoms with E-state index in [-0.39, 0.29) is 23.6 Å². The van der Waals surface area contributed by atoms with E-state index >= 15 is 0 Å². The van der Waals surface area contributed by atoms with Gasteiger partial charge in [-0.3, -0.25) is 0 Å². The number of hydrogen-bond donors (Lipinski definition) is 1. The zero-order valence-electron chi connectivity index (χ0n) is 17.1. The number of nitrogens with one attached hydrogen (secondary N) is 1. The summed E-state index contributed by atoms with van der Waals surface area (Å²) in [6.07, 6.45) is -9.93. The highest BCUT2D eigenvalue weighted by Crippen LogP contribution is 2.37. The van der Waals surface area contributed by atoms with Crippen molar-refractivity contribution in [2.24, 2.45) is 0 Å². The lowest BCUT2D eigenvalue weighted by Crippen LogP contribution is -2.48. The first kappa shape index (κ1) is 23.9. The van der Waals surface area contributed by atoms with E-state index in [1.54, 1.807) is 4.90 Å². The van der Waals surface area contributed by atoms with Crippen molar-refractivity contribution < 1.29 is 35.9 Å². The number of piperidine rings is 1. The SMILES string of the molecule is CNC(=O)N1CCC(OCc2cc(C(F)(F)F)cc(C(F)(F)F)c2)[C@H](c2ccccc2)C1. The van der Waals surface area contributed by atoms with Crippen molar-refractivity contribution in [2.45, 2.75) is 37.4 Å². The molecule has 0 bridgehead atoms. The Hall–Kier alpha value is -2.75. The molecule has 0 spiro atoms. The van der Waals surface area contributed by atoms with Gasteiger partial charge in [-0.25, -0.2) is 4.79 Å². The van der Waals surface area contributed by atoms with Crippen LogP contribution < -0.4 is 5.32 Å². The predicted molar refractivity (Wildman–Crippen MR) is 105 cm³/mol. The number of halogens is 6. The molecule has 2 aromatic carbocycles. The molecule has 1 fully saturated rings. The Balaban J connectivity index is 1.83. The first-order chi connectivity index (χ1) is 15.0. The maximum Gasteiger partial charge on any atom is 0.416 e. The second kappa shape index (κ2) is 9.40. The zero-order valence-corrected chi connectivity index (χ0v) is 17.1. The third-order valence-electron chi connectivity index (χ3n) is 5.39. The Morgan fingerprint density at radius 3 is 2.16 bits per heavy atom. The molecular weight excluding hydrogens is 438 g/mol. The molecule has 1 aliphatic rings. The molecule has 1 heterocycles. The Bertz CT molecular complexity index is 898. The zero-order chi connectivity index (χ0) is 23.5. The maximum atomic E-state index is 13.1. The van der Waals surface area contributed by atoms with Crippen LogP contribution in [0.25, 0.3) is 0 Å². The quantitative estimate of drug-likeness (QED) is 0.618. The molecular formula is C22H22F6N2O2. The van der Waals surface area contributed by atoms with Crippen molar-refractivity contribution in [3.63, 3.8) is 0 Å². The molecule has 0 aliphatic carbocycles. The number of urea groups is 1. The summed E-state index contributed by atoms with van der Waals surface area (Å²) < 4.78 is 84.5. The normalized spacial score (nSPS) is 19.7. The van der Waals surface area contributed by atoms with Crippen molar-refractivity contribution >= 4 is 6.03 Å². The molecule has 1 N–H and O–H groups in total. The van der Waals surface area contributed by atoms with Gasteiger partial charge in [0.15, 0.2) is 0 Å². The molecule has 2 atom stereocenters. The van der Waals surface area contributed by atoms with Crippen LogP contribution in [-0.4, -0.2) is 37.2 Å². The molecule has 32 heavy (non-hydrogen) atoms. The third-order valence-corrected chi connectivity index (χ3v) is 5.39. The summed E-state index contributed by atoms with van der Waals surface area (Å²) in [5.74, 6) is -0.282. The van der Waals surface area contributed by atoms with Crippen molar-refractivity contribution in [1.29, 1.82) is 0 Å². The number of carbonyl (C=O) groups excluding carboxylic acids is 1. The molecule has 1 saturated heterocycles. The Kier molecular flexibility index (Phi) is 7.02. The van der Waals surface area contributed by atoms with E-state index in [0.29, 0.717) is 31.6 Å². The first-order valence-electron chi connectivity index (χ1n) is 9.90. The van der Waals surface area contributed by atoms with Gasteiger partial charge in [0.1, 0.15) is 0 Å². The molecule has 2 aromatic rings. The first-order valence-corrected chi connectivity index (χ1v) is 9.90. The van der Waals surface area contributed by atoms with Gasteiger partial charge in [0.25, 0.3) is 0 Å². The largest absolute Gasteiger partial charge is 0.416 e. The van der Waals surface area contributed by atoms with Crippen LogP contribution in [0.4, 0.5) is 31.1 Å². The number of carbonyl (C=O) groups is 1. The summed E-state index contributed by atoms with van der Waals surface area (Å²) in [6.45, 7) is 0.246. The van der Waals surface area contributed by atoms with E-state index in [9.17, 15) is 31.1 Å². The van der Waals surface area contributed by atoms with Crippen molar-refractivity contribution in [2.75, 3.05) is 20.1 Å². The van der Waals surface area contributed by atoms with E-state index in [0.717, 1.165) is 5.56 Å². The Morgan fingerprint density at radius 1 is 1.03 bits per heavy atom. The lowest BCUT2D eigenvalue weighted by Gasteiger charge is -2.38. The van der Waals surface area contributed by atoms with Crippen LogP contribution in [0.1, 0.15) is 34.6 Å². The summed E-state index contributed by atoms with van der Waals surface area (Å²) in [5, 5.41) is 2.55. The fourth-order valence-electron chi connectivity index (χ4n) is 3.80. The highest BCUT2D eigenvalue weighted by molar-refractivity contribution is 5.74. The minimum atomic E-state index is -4.92. The molecule has 4 nitrogen and oxygen atoms in total. The van der Waals surface area contributed by atoms with E-state index in [1.165, 1.54) is 7.05 Å². The average Bonchev–Trinajstić information content (AvgIpc) is 2.76. The van der Waals surface area contributed by atoms with Gasteiger partial charge in [0, 0.05) is 26.1 Å². The van der Waals surface area contributed by atoms with Gasteiger partial charge in [-0.15, -0.1) is 0 Å². The topological polar surface area (TPSA) is 41.6 Å². The Morgan fingerprint density at radius 2 is 1.62 bits per heavy atom. The van der Waals surface area contributed by atoms with Crippen LogP contribution >= 0.6 is 0 Å². The number of nitrogens with zero attached hydrogens (tertiary/aromatic N) is 1. The number of likely N-dealkylation sites (tertiary alicyclic amines) is 1. The minimum Gasteiger partial charge on any atom is -0.373 e. The highest BCUT2D eigenvalue weighted by Gasteiger charge is 2.37. The molecule has 0 radical (unpaired) electrons. The predicted octanol–water partition coefficient (Wildman–Crippen LogP) is 5.44. The van der Waals surface area contributed by atoms with Gasteiger partial charge in [0.05, 0.1) is 23.8 Å².